The van der Waals surface area contributed by atoms with Gasteiger partial charge in [0.1, 0.15) is 11.6 Å². The van der Waals surface area contributed by atoms with Crippen LogP contribution in [0.5, 0.6) is 5.75 Å². The predicted octanol–water partition coefficient (Wildman–Crippen LogP) is 4.92. The smallest absolute Gasteiger partial charge is 0.251 e. The minimum Gasteiger partial charge on any atom is -0.496 e. The van der Waals surface area contributed by atoms with Crippen molar-refractivity contribution < 1.29 is 13.9 Å². The van der Waals surface area contributed by atoms with E-state index in [2.05, 4.69) is 37.1 Å². The number of amides is 1. The van der Waals surface area contributed by atoms with E-state index in [1.165, 1.54) is 34.9 Å². The van der Waals surface area contributed by atoms with Crippen LogP contribution in [0.25, 0.3) is 0 Å². The van der Waals surface area contributed by atoms with Crippen LogP contribution in [0.1, 0.15) is 46.4 Å². The molecule has 1 N–H and O–H groups in total. The maximum Gasteiger partial charge on any atom is 0.251 e. The van der Waals surface area contributed by atoms with Gasteiger partial charge in [0.25, 0.3) is 5.91 Å². The number of rotatable bonds is 7. The first-order chi connectivity index (χ1) is 13.8. The standard InChI is InChI=1S/C23H28ClFN2O2/c1-5-21(18-7-9-22(29-4)15(3)14(18)2)27-12-16(13-27)11-26-23(28)17-6-8-20(25)19(24)10-17/h6-10,16,21H,5,11-13H2,1-4H3,(H,26,28). The van der Waals surface area contributed by atoms with Crippen LogP contribution in [0.2, 0.25) is 5.02 Å². The van der Waals surface area contributed by atoms with Crippen LogP contribution in [-0.2, 0) is 0 Å². The summed E-state index contributed by atoms with van der Waals surface area (Å²) in [6, 6.07) is 8.61. The fourth-order valence-corrected chi connectivity index (χ4v) is 4.22. The zero-order valence-corrected chi connectivity index (χ0v) is 18.1. The highest BCUT2D eigenvalue weighted by Crippen LogP contribution is 2.35. The van der Waals surface area contributed by atoms with Gasteiger partial charge in [0.15, 0.2) is 0 Å². The van der Waals surface area contributed by atoms with Gasteiger partial charge in [0, 0.05) is 37.2 Å². The van der Waals surface area contributed by atoms with E-state index >= 15 is 0 Å². The Bertz CT molecular complexity index is 897. The largest absolute Gasteiger partial charge is 0.496 e. The number of halogens is 2. The lowest BCUT2D eigenvalue weighted by Crippen LogP contribution is -2.52. The topological polar surface area (TPSA) is 41.6 Å². The molecule has 0 saturated carbocycles. The summed E-state index contributed by atoms with van der Waals surface area (Å²) in [4.78, 5) is 14.7. The molecule has 3 rings (SSSR count). The van der Waals surface area contributed by atoms with Crippen LogP contribution in [0.4, 0.5) is 4.39 Å². The first kappa shape index (κ1) is 21.6. The average molecular weight is 419 g/mol. The summed E-state index contributed by atoms with van der Waals surface area (Å²) in [6.07, 6.45) is 1.03. The van der Waals surface area contributed by atoms with Crippen LogP contribution in [-0.4, -0.2) is 37.6 Å². The number of carbonyl (C=O) groups excluding carboxylic acids is 1. The van der Waals surface area contributed by atoms with Crippen LogP contribution < -0.4 is 10.1 Å². The molecule has 1 heterocycles. The number of benzene rings is 2. The van der Waals surface area contributed by atoms with Crippen molar-refractivity contribution in [1.82, 2.24) is 10.2 Å². The van der Waals surface area contributed by atoms with Gasteiger partial charge in [-0.1, -0.05) is 24.6 Å². The van der Waals surface area contributed by atoms with Crippen molar-refractivity contribution in [1.29, 1.82) is 0 Å². The van der Waals surface area contributed by atoms with Crippen LogP contribution in [0.15, 0.2) is 30.3 Å². The number of methoxy groups -OCH3 is 1. The number of hydrogen-bond acceptors (Lipinski definition) is 3. The Morgan fingerprint density at radius 3 is 2.62 bits per heavy atom. The third kappa shape index (κ3) is 4.57. The second-order valence-electron chi connectivity index (χ2n) is 7.69. The summed E-state index contributed by atoms with van der Waals surface area (Å²) >= 11 is 5.76. The lowest BCUT2D eigenvalue weighted by Gasteiger charge is -2.45. The Labute approximate surface area is 177 Å². The van der Waals surface area contributed by atoms with Crippen LogP contribution >= 0.6 is 11.6 Å². The molecule has 1 amide bonds. The molecular formula is C23H28ClFN2O2. The van der Waals surface area contributed by atoms with Crippen LogP contribution in [0.3, 0.4) is 0 Å². The molecule has 6 heteroatoms. The molecular weight excluding hydrogens is 391 g/mol. The quantitative estimate of drug-likeness (QED) is 0.694. The maximum absolute atomic E-state index is 13.3. The number of carbonyl (C=O) groups is 1. The molecule has 0 aliphatic carbocycles. The van der Waals surface area contributed by atoms with Crippen molar-refractivity contribution in [2.24, 2.45) is 5.92 Å². The lowest BCUT2D eigenvalue weighted by atomic mass is 9.89. The van der Waals surface area contributed by atoms with Gasteiger partial charge >= 0.3 is 0 Å². The molecule has 2 aromatic rings. The van der Waals surface area contributed by atoms with Gasteiger partial charge in [-0.05, 0) is 61.2 Å². The van der Waals surface area contributed by atoms with E-state index in [9.17, 15) is 9.18 Å². The minimum atomic E-state index is -0.521. The van der Waals surface area contributed by atoms with E-state index in [0.29, 0.717) is 24.1 Å². The Morgan fingerprint density at radius 1 is 1.28 bits per heavy atom. The maximum atomic E-state index is 13.3. The van der Waals surface area contributed by atoms with E-state index in [-0.39, 0.29) is 10.9 Å². The van der Waals surface area contributed by atoms with Crippen molar-refractivity contribution in [2.45, 2.75) is 33.2 Å². The summed E-state index contributed by atoms with van der Waals surface area (Å²) < 4.78 is 18.7. The molecule has 29 heavy (non-hydrogen) atoms. The molecule has 2 aromatic carbocycles. The molecule has 156 valence electrons. The molecule has 1 aliphatic rings. The Hall–Kier alpha value is -2.11. The summed E-state index contributed by atoms with van der Waals surface area (Å²) in [5.74, 6) is 0.585. The minimum absolute atomic E-state index is 0.0385. The third-order valence-electron chi connectivity index (χ3n) is 5.90. The Kier molecular flexibility index (Phi) is 6.81. The number of likely N-dealkylation sites (tertiary alicyclic amines) is 1. The molecule has 1 saturated heterocycles. The summed E-state index contributed by atoms with van der Waals surface area (Å²) in [5.41, 5.74) is 4.18. The third-order valence-corrected chi connectivity index (χ3v) is 6.19. The van der Waals surface area contributed by atoms with Gasteiger partial charge in [-0.15, -0.1) is 0 Å². The number of nitrogens with one attached hydrogen (secondary N) is 1. The summed E-state index contributed by atoms with van der Waals surface area (Å²) in [7, 11) is 1.70. The van der Waals surface area contributed by atoms with E-state index in [0.717, 1.165) is 25.3 Å². The van der Waals surface area contributed by atoms with E-state index in [1.54, 1.807) is 7.11 Å². The SMILES string of the molecule is CCC(c1ccc(OC)c(C)c1C)N1CC(CNC(=O)c2ccc(F)c(Cl)c2)C1. The summed E-state index contributed by atoms with van der Waals surface area (Å²) in [5, 5.41) is 2.90. The highest BCUT2D eigenvalue weighted by atomic mass is 35.5. The number of ether oxygens (including phenoxy) is 1. The average Bonchev–Trinajstić information content (AvgIpc) is 2.68. The first-order valence-corrected chi connectivity index (χ1v) is 10.3. The van der Waals surface area contributed by atoms with E-state index in [4.69, 9.17) is 16.3 Å². The molecule has 0 spiro atoms. The Morgan fingerprint density at radius 2 is 2.00 bits per heavy atom. The molecule has 0 bridgehead atoms. The molecule has 4 nitrogen and oxygen atoms in total. The second kappa shape index (κ2) is 9.14. The fourth-order valence-electron chi connectivity index (χ4n) is 4.04. The number of hydrogen-bond donors (Lipinski definition) is 1. The first-order valence-electron chi connectivity index (χ1n) is 9.97. The van der Waals surface area contributed by atoms with Gasteiger partial charge < -0.3 is 10.1 Å². The predicted molar refractivity (Wildman–Crippen MR) is 114 cm³/mol. The van der Waals surface area contributed by atoms with Crippen molar-refractivity contribution in [3.05, 3.63) is 63.4 Å². The van der Waals surface area contributed by atoms with E-state index in [1.807, 2.05) is 6.07 Å². The Balaban J connectivity index is 1.56. The normalized spacial score (nSPS) is 15.7. The molecule has 1 aliphatic heterocycles. The van der Waals surface area contributed by atoms with Gasteiger partial charge in [0.05, 0.1) is 12.1 Å². The van der Waals surface area contributed by atoms with Gasteiger partial charge in [-0.3, -0.25) is 9.69 Å². The van der Waals surface area contributed by atoms with Crippen molar-refractivity contribution in [3.8, 4) is 5.75 Å². The molecule has 0 radical (unpaired) electrons. The molecule has 1 atom stereocenters. The monoisotopic (exact) mass is 418 g/mol. The summed E-state index contributed by atoms with van der Waals surface area (Å²) in [6.45, 7) is 8.93. The van der Waals surface area contributed by atoms with Gasteiger partial charge in [-0.2, -0.15) is 0 Å². The van der Waals surface area contributed by atoms with Crippen molar-refractivity contribution in [3.63, 3.8) is 0 Å². The van der Waals surface area contributed by atoms with Crippen molar-refractivity contribution >= 4 is 17.5 Å². The van der Waals surface area contributed by atoms with Gasteiger partial charge in [0.2, 0.25) is 0 Å². The lowest BCUT2D eigenvalue weighted by molar-refractivity contribution is 0.0481. The zero-order chi connectivity index (χ0) is 21.1. The molecule has 1 unspecified atom stereocenters. The number of nitrogens with zero attached hydrogens (tertiary/aromatic N) is 1. The van der Waals surface area contributed by atoms with Crippen molar-refractivity contribution in [2.75, 3.05) is 26.7 Å². The molecule has 0 aromatic heterocycles. The second-order valence-corrected chi connectivity index (χ2v) is 8.10. The van der Waals surface area contributed by atoms with Gasteiger partial charge in [-0.25, -0.2) is 4.39 Å². The zero-order valence-electron chi connectivity index (χ0n) is 17.4. The fraction of sp³-hybridized carbons (Fsp3) is 0.435. The van der Waals surface area contributed by atoms with Crippen LogP contribution in [0, 0.1) is 25.6 Å². The highest BCUT2D eigenvalue weighted by molar-refractivity contribution is 6.31. The molecule has 1 fully saturated rings. The highest BCUT2D eigenvalue weighted by Gasteiger charge is 2.33. The van der Waals surface area contributed by atoms with E-state index < -0.39 is 5.82 Å².